The molecule has 1 heteroatoms. The van der Waals surface area contributed by atoms with Crippen LogP contribution in [0.3, 0.4) is 0 Å². The van der Waals surface area contributed by atoms with Crippen LogP contribution in [0.25, 0.3) is 0 Å². The second-order valence-corrected chi connectivity index (χ2v) is 4.07. The van der Waals surface area contributed by atoms with Crippen molar-refractivity contribution in [1.82, 2.24) is 0 Å². The van der Waals surface area contributed by atoms with Crippen molar-refractivity contribution in [2.24, 2.45) is 11.8 Å². The molecule has 1 unspecified atom stereocenters. The van der Waals surface area contributed by atoms with Crippen molar-refractivity contribution in [3.63, 3.8) is 0 Å². The van der Waals surface area contributed by atoms with E-state index in [4.69, 9.17) is 0 Å². The summed E-state index contributed by atoms with van der Waals surface area (Å²) in [5.41, 5.74) is 1.32. The summed E-state index contributed by atoms with van der Waals surface area (Å²) in [6.07, 6.45) is 3.06. The number of aldehydes is 1. The Morgan fingerprint density at radius 1 is 1.21 bits per heavy atom. The first-order valence-corrected chi connectivity index (χ1v) is 5.23. The summed E-state index contributed by atoms with van der Waals surface area (Å²) in [4.78, 5) is 10.8. The normalized spacial score (nSPS) is 12.8. The Kier molecular flexibility index (Phi) is 4.37. The number of carbonyl (C=O) groups excluding carboxylic acids is 1. The largest absolute Gasteiger partial charge is 0.303 e. The maximum atomic E-state index is 10.8. The molecule has 0 aliphatic heterocycles. The highest BCUT2D eigenvalue weighted by atomic mass is 16.1. The summed E-state index contributed by atoms with van der Waals surface area (Å²) in [5.74, 6) is 0.659. The van der Waals surface area contributed by atoms with Gasteiger partial charge in [-0.2, -0.15) is 0 Å². The van der Waals surface area contributed by atoms with Crippen LogP contribution in [0.15, 0.2) is 30.3 Å². The van der Waals surface area contributed by atoms with E-state index in [0.717, 1.165) is 19.1 Å². The Labute approximate surface area is 86.1 Å². The fraction of sp³-hybridized carbons (Fsp3) is 0.462. The Morgan fingerprint density at radius 3 is 2.36 bits per heavy atom. The first kappa shape index (κ1) is 11.0. The van der Waals surface area contributed by atoms with Crippen LogP contribution in [0, 0.1) is 11.8 Å². The van der Waals surface area contributed by atoms with E-state index in [1.54, 1.807) is 0 Å². The summed E-state index contributed by atoms with van der Waals surface area (Å²) in [6, 6.07) is 10.3. The van der Waals surface area contributed by atoms with Crippen LogP contribution >= 0.6 is 0 Å². The average Bonchev–Trinajstić information content (AvgIpc) is 2.20. The van der Waals surface area contributed by atoms with Crippen LogP contribution in [-0.4, -0.2) is 6.29 Å². The monoisotopic (exact) mass is 190 g/mol. The maximum absolute atomic E-state index is 10.8. The minimum absolute atomic E-state index is 0.204. The third-order valence-corrected chi connectivity index (χ3v) is 2.64. The second-order valence-electron chi connectivity index (χ2n) is 4.07. The lowest BCUT2D eigenvalue weighted by Gasteiger charge is -2.13. The zero-order chi connectivity index (χ0) is 10.4. The first-order valence-electron chi connectivity index (χ1n) is 5.23. The van der Waals surface area contributed by atoms with Gasteiger partial charge in [-0.25, -0.2) is 0 Å². The molecule has 76 valence electrons. The molecule has 0 fully saturated rings. The van der Waals surface area contributed by atoms with Crippen molar-refractivity contribution in [3.05, 3.63) is 35.9 Å². The van der Waals surface area contributed by atoms with Crippen LogP contribution in [0.2, 0.25) is 0 Å². The molecule has 0 radical (unpaired) electrons. The van der Waals surface area contributed by atoms with Crippen molar-refractivity contribution < 1.29 is 4.79 Å². The van der Waals surface area contributed by atoms with E-state index in [0.29, 0.717) is 5.92 Å². The molecule has 1 rings (SSSR count). The van der Waals surface area contributed by atoms with Crippen molar-refractivity contribution in [2.45, 2.75) is 26.7 Å². The maximum Gasteiger partial charge on any atom is 0.123 e. The first-order chi connectivity index (χ1) is 6.74. The topological polar surface area (TPSA) is 17.1 Å². The Hall–Kier alpha value is -1.11. The second kappa shape index (κ2) is 5.58. The van der Waals surface area contributed by atoms with Gasteiger partial charge in [0.25, 0.3) is 0 Å². The number of aryl methyl sites for hydroxylation is 1. The molecule has 0 bridgehead atoms. The van der Waals surface area contributed by atoms with Crippen LogP contribution < -0.4 is 0 Å². The molecule has 1 aromatic rings. The van der Waals surface area contributed by atoms with E-state index in [2.05, 4.69) is 26.0 Å². The van der Waals surface area contributed by atoms with Gasteiger partial charge in [0.1, 0.15) is 6.29 Å². The van der Waals surface area contributed by atoms with E-state index in [1.807, 2.05) is 18.2 Å². The number of benzene rings is 1. The lowest BCUT2D eigenvalue weighted by Crippen LogP contribution is -2.11. The molecular formula is C13H18O. The van der Waals surface area contributed by atoms with E-state index in [1.165, 1.54) is 5.56 Å². The lowest BCUT2D eigenvalue weighted by molar-refractivity contribution is -0.112. The van der Waals surface area contributed by atoms with E-state index in [9.17, 15) is 4.79 Å². The summed E-state index contributed by atoms with van der Waals surface area (Å²) in [5, 5.41) is 0. The number of hydrogen-bond acceptors (Lipinski definition) is 1. The molecule has 1 nitrogen and oxygen atoms in total. The molecule has 0 N–H and O–H groups in total. The van der Waals surface area contributed by atoms with Gasteiger partial charge in [-0.15, -0.1) is 0 Å². The van der Waals surface area contributed by atoms with Crippen molar-refractivity contribution >= 4 is 6.29 Å². The quantitative estimate of drug-likeness (QED) is 0.652. The Morgan fingerprint density at radius 2 is 1.86 bits per heavy atom. The molecule has 0 aliphatic carbocycles. The predicted molar refractivity (Wildman–Crippen MR) is 59.2 cm³/mol. The highest BCUT2D eigenvalue weighted by Gasteiger charge is 2.11. The molecule has 0 amide bonds. The van der Waals surface area contributed by atoms with Crippen molar-refractivity contribution in [1.29, 1.82) is 0 Å². The van der Waals surface area contributed by atoms with Crippen LogP contribution in [0.4, 0.5) is 0 Å². The van der Waals surface area contributed by atoms with Gasteiger partial charge in [0.15, 0.2) is 0 Å². The molecule has 0 aliphatic rings. The smallest absolute Gasteiger partial charge is 0.123 e. The SMILES string of the molecule is CC(C)C(C=O)CCc1ccccc1. The van der Waals surface area contributed by atoms with Crippen molar-refractivity contribution in [3.8, 4) is 0 Å². The van der Waals surface area contributed by atoms with Gasteiger partial charge in [0, 0.05) is 5.92 Å². The van der Waals surface area contributed by atoms with Gasteiger partial charge in [0.2, 0.25) is 0 Å². The summed E-state index contributed by atoms with van der Waals surface area (Å²) in [7, 11) is 0. The average molecular weight is 190 g/mol. The van der Waals surface area contributed by atoms with Gasteiger partial charge in [-0.1, -0.05) is 44.2 Å². The molecular weight excluding hydrogens is 172 g/mol. The van der Waals surface area contributed by atoms with Crippen molar-refractivity contribution in [2.75, 3.05) is 0 Å². The Balaban J connectivity index is 2.43. The molecule has 0 saturated carbocycles. The number of carbonyl (C=O) groups is 1. The fourth-order valence-corrected chi connectivity index (χ4v) is 1.54. The van der Waals surface area contributed by atoms with Gasteiger partial charge in [-0.3, -0.25) is 0 Å². The third kappa shape index (κ3) is 3.33. The fourth-order valence-electron chi connectivity index (χ4n) is 1.54. The minimum atomic E-state index is 0.204. The summed E-state index contributed by atoms with van der Waals surface area (Å²) in [6.45, 7) is 4.20. The predicted octanol–water partition coefficient (Wildman–Crippen LogP) is 3.09. The number of rotatable bonds is 5. The van der Waals surface area contributed by atoms with Gasteiger partial charge < -0.3 is 4.79 Å². The van der Waals surface area contributed by atoms with Crippen LogP contribution in [-0.2, 0) is 11.2 Å². The standard InChI is InChI=1S/C13H18O/c1-11(2)13(10-14)9-8-12-6-4-3-5-7-12/h3-7,10-11,13H,8-9H2,1-2H3. The van der Waals surface area contributed by atoms with Crippen LogP contribution in [0.1, 0.15) is 25.8 Å². The Bertz CT molecular complexity index is 264. The third-order valence-electron chi connectivity index (χ3n) is 2.64. The molecule has 0 heterocycles. The van der Waals surface area contributed by atoms with E-state index >= 15 is 0 Å². The minimum Gasteiger partial charge on any atom is -0.303 e. The highest BCUT2D eigenvalue weighted by Crippen LogP contribution is 2.15. The van der Waals surface area contributed by atoms with Gasteiger partial charge >= 0.3 is 0 Å². The molecule has 0 saturated heterocycles. The summed E-state index contributed by atoms with van der Waals surface area (Å²) < 4.78 is 0. The van der Waals surface area contributed by atoms with Crippen LogP contribution in [0.5, 0.6) is 0 Å². The zero-order valence-electron chi connectivity index (χ0n) is 8.94. The molecule has 14 heavy (non-hydrogen) atoms. The highest BCUT2D eigenvalue weighted by molar-refractivity contribution is 5.53. The molecule has 0 spiro atoms. The van der Waals surface area contributed by atoms with Gasteiger partial charge in [-0.05, 0) is 24.3 Å². The zero-order valence-corrected chi connectivity index (χ0v) is 8.94. The van der Waals surface area contributed by atoms with Gasteiger partial charge in [0.05, 0.1) is 0 Å². The van der Waals surface area contributed by atoms with E-state index in [-0.39, 0.29) is 5.92 Å². The van der Waals surface area contributed by atoms with E-state index < -0.39 is 0 Å². The number of hydrogen-bond donors (Lipinski definition) is 0. The molecule has 1 aromatic carbocycles. The lowest BCUT2D eigenvalue weighted by atomic mass is 9.91. The molecule has 0 aromatic heterocycles. The summed E-state index contributed by atoms with van der Waals surface area (Å²) >= 11 is 0. The molecule has 1 atom stereocenters.